The molecule has 204 valence electrons. The zero-order valence-corrected chi connectivity index (χ0v) is 23.9. The average molecular weight is 509 g/mol. The van der Waals surface area contributed by atoms with Crippen LogP contribution in [0, 0.1) is 0 Å². The lowest BCUT2D eigenvalue weighted by Crippen LogP contribution is -2.46. The molecule has 0 unspecified atom stereocenters. The summed E-state index contributed by atoms with van der Waals surface area (Å²) in [5, 5.41) is 20.2. The van der Waals surface area contributed by atoms with Crippen LogP contribution in [-0.4, -0.2) is 64.1 Å². The summed E-state index contributed by atoms with van der Waals surface area (Å²) in [6.07, 6.45) is 12.5. The van der Waals surface area contributed by atoms with Crippen LogP contribution < -0.4 is 0 Å². The number of aliphatic imine (C=N–C) groups is 2. The fourth-order valence-corrected chi connectivity index (χ4v) is 4.83. The summed E-state index contributed by atoms with van der Waals surface area (Å²) in [5.41, 5.74) is 4.52. The van der Waals surface area contributed by atoms with E-state index in [1.54, 1.807) is 12.1 Å². The van der Waals surface area contributed by atoms with E-state index >= 15 is 0 Å². The van der Waals surface area contributed by atoms with Gasteiger partial charge in [-0.15, -0.1) is 0 Å². The lowest BCUT2D eigenvalue weighted by atomic mass is 9.88. The molecule has 0 saturated heterocycles. The van der Waals surface area contributed by atoms with Crippen molar-refractivity contribution >= 4 is 17.5 Å². The van der Waals surface area contributed by atoms with Gasteiger partial charge in [0, 0.05) is 25.2 Å². The first kappa shape index (κ1) is 30.4. The lowest BCUT2D eigenvalue weighted by Gasteiger charge is -2.39. The van der Waals surface area contributed by atoms with Crippen LogP contribution in [0.5, 0.6) is 5.75 Å². The van der Waals surface area contributed by atoms with Crippen LogP contribution >= 0.6 is 0 Å². The first-order valence-corrected chi connectivity index (χ1v) is 14.1. The van der Waals surface area contributed by atoms with Crippen molar-refractivity contribution in [3.63, 3.8) is 0 Å². The monoisotopic (exact) mass is 508 g/mol. The summed E-state index contributed by atoms with van der Waals surface area (Å²) in [6, 6.07) is 7.27. The quantitative estimate of drug-likeness (QED) is 0.300. The smallest absolute Gasteiger partial charge is 0.227 e. The van der Waals surface area contributed by atoms with Crippen LogP contribution in [0.15, 0.2) is 63.6 Å². The Morgan fingerprint density at radius 2 is 1.86 bits per heavy atom. The van der Waals surface area contributed by atoms with Gasteiger partial charge in [0.15, 0.2) is 0 Å². The Kier molecular flexibility index (Phi) is 13.2. The van der Waals surface area contributed by atoms with Crippen molar-refractivity contribution in [3.05, 3.63) is 59.2 Å². The molecule has 2 N–H and O–H groups in total. The van der Waals surface area contributed by atoms with Crippen molar-refractivity contribution in [2.24, 2.45) is 9.98 Å². The number of hydrogen-bond acceptors (Lipinski definition) is 3. The summed E-state index contributed by atoms with van der Waals surface area (Å²) >= 11 is 0. The van der Waals surface area contributed by atoms with Crippen molar-refractivity contribution in [3.8, 4) is 5.75 Å². The highest BCUT2D eigenvalue weighted by Gasteiger charge is 2.28. The molecule has 6 heteroatoms. The van der Waals surface area contributed by atoms with E-state index in [1.165, 1.54) is 11.1 Å². The van der Waals surface area contributed by atoms with Crippen LogP contribution in [0.1, 0.15) is 85.6 Å². The maximum Gasteiger partial charge on any atom is 0.227 e. The van der Waals surface area contributed by atoms with E-state index in [0.717, 1.165) is 75.3 Å². The summed E-state index contributed by atoms with van der Waals surface area (Å²) in [4.78, 5) is 14.7. The maximum absolute atomic E-state index is 10.2. The number of allylic oxidation sites excluding steroid dienone is 2. The number of phenols is 1. The first-order chi connectivity index (χ1) is 18.0. The zero-order chi connectivity index (χ0) is 27.2. The van der Waals surface area contributed by atoms with Crippen molar-refractivity contribution in [2.75, 3.05) is 26.2 Å². The molecule has 0 aromatic heterocycles. The number of phenolic OH excluding ortho intramolecular Hbond substituents is 1. The summed E-state index contributed by atoms with van der Waals surface area (Å²) in [5.74, 6) is 1.78. The maximum atomic E-state index is 10.2. The molecule has 37 heavy (non-hydrogen) atoms. The van der Waals surface area contributed by atoms with E-state index < -0.39 is 0 Å². The van der Waals surface area contributed by atoms with Crippen LogP contribution in [0.3, 0.4) is 0 Å². The highest BCUT2D eigenvalue weighted by molar-refractivity contribution is 5.97. The molecule has 1 heterocycles. The van der Waals surface area contributed by atoms with E-state index in [9.17, 15) is 10.2 Å². The van der Waals surface area contributed by atoms with Crippen molar-refractivity contribution < 1.29 is 10.2 Å². The number of benzene rings is 1. The number of guanidine groups is 1. The van der Waals surface area contributed by atoms with Crippen molar-refractivity contribution in [1.82, 2.24) is 9.80 Å². The van der Waals surface area contributed by atoms with Gasteiger partial charge < -0.3 is 20.0 Å². The second kappa shape index (κ2) is 16.1. The number of hydrogen-bond donors (Lipinski definition) is 2. The summed E-state index contributed by atoms with van der Waals surface area (Å²) in [7, 11) is 0. The van der Waals surface area contributed by atoms with E-state index in [2.05, 4.69) is 48.8 Å². The van der Waals surface area contributed by atoms with E-state index in [1.807, 2.05) is 32.9 Å². The van der Waals surface area contributed by atoms with Gasteiger partial charge in [0.2, 0.25) is 5.96 Å². The molecule has 1 aromatic rings. The normalized spacial score (nSPS) is 18.4. The van der Waals surface area contributed by atoms with E-state index in [-0.39, 0.29) is 18.4 Å². The van der Waals surface area contributed by atoms with Gasteiger partial charge in [0.25, 0.3) is 0 Å². The highest BCUT2D eigenvalue weighted by Crippen LogP contribution is 2.31. The molecule has 6 nitrogen and oxygen atoms in total. The standard InChI is InChI=1S/C29H42N4O2.C2H6/c1-5-11-28(24-14-10-15-27(35)19-24)31-29(32(16-6-2)17-7-3)30-22(4)33-20-25-13-9-8-12-23(25)18-26(33)21-34;1-2/h9-11,13-15,19,26,34-35H,5-8,12,16-18,20-21H2,1-4H3;1-2H3/b28-11+,30-22+,31-29+;/t26-;/m1./s1. The Morgan fingerprint density at radius 1 is 1.14 bits per heavy atom. The third-order valence-electron chi connectivity index (χ3n) is 6.57. The van der Waals surface area contributed by atoms with Gasteiger partial charge in [0.1, 0.15) is 11.6 Å². The number of aromatic hydroxyl groups is 1. The Balaban J connectivity index is 0.00000235. The molecule has 1 aliphatic carbocycles. The van der Waals surface area contributed by atoms with E-state index in [4.69, 9.17) is 9.98 Å². The number of amidine groups is 1. The Morgan fingerprint density at radius 3 is 2.49 bits per heavy atom. The van der Waals surface area contributed by atoms with E-state index in [0.29, 0.717) is 5.96 Å². The number of nitrogens with zero attached hydrogens (tertiary/aromatic N) is 4. The molecule has 0 bridgehead atoms. The molecule has 0 fully saturated rings. The summed E-state index contributed by atoms with van der Waals surface area (Å²) in [6.45, 7) is 15.1. The predicted molar refractivity (Wildman–Crippen MR) is 158 cm³/mol. The second-order valence-electron chi connectivity index (χ2n) is 9.34. The fourth-order valence-electron chi connectivity index (χ4n) is 4.83. The van der Waals surface area contributed by atoms with Crippen molar-refractivity contribution in [2.45, 2.75) is 86.1 Å². The molecular weight excluding hydrogens is 460 g/mol. The largest absolute Gasteiger partial charge is 0.508 e. The minimum Gasteiger partial charge on any atom is -0.508 e. The molecule has 1 aromatic carbocycles. The van der Waals surface area contributed by atoms with Crippen LogP contribution in [-0.2, 0) is 0 Å². The topological polar surface area (TPSA) is 71.7 Å². The number of aliphatic hydroxyl groups excluding tert-OH is 1. The molecule has 0 saturated carbocycles. The van der Waals surface area contributed by atoms with Gasteiger partial charge in [-0.2, -0.15) is 0 Å². The van der Waals surface area contributed by atoms with Crippen LogP contribution in [0.4, 0.5) is 0 Å². The zero-order valence-electron chi connectivity index (χ0n) is 23.9. The lowest BCUT2D eigenvalue weighted by molar-refractivity contribution is 0.176. The van der Waals surface area contributed by atoms with Gasteiger partial charge in [-0.05, 0) is 63.2 Å². The molecule has 0 amide bonds. The average Bonchev–Trinajstić information content (AvgIpc) is 2.92. The summed E-state index contributed by atoms with van der Waals surface area (Å²) < 4.78 is 0. The third-order valence-corrected chi connectivity index (χ3v) is 6.57. The SMILES string of the molecule is CC.CC/C=C(/N=C(\N=C(/C)N1CC2=C(CCC=C2)C[C@@H]1CO)N(CCC)CCC)c1cccc(O)c1. The molecule has 3 rings (SSSR count). The minimum absolute atomic E-state index is 0.0350. The van der Waals surface area contributed by atoms with Crippen molar-refractivity contribution in [1.29, 1.82) is 0 Å². The Bertz CT molecular complexity index is 1000. The Labute approximate surface area is 224 Å². The molecule has 0 radical (unpaired) electrons. The van der Waals surface area contributed by atoms with Gasteiger partial charge >= 0.3 is 0 Å². The number of aliphatic hydroxyl groups is 1. The van der Waals surface area contributed by atoms with Gasteiger partial charge in [-0.3, -0.25) is 0 Å². The van der Waals surface area contributed by atoms with Gasteiger partial charge in [0.05, 0.1) is 18.3 Å². The third kappa shape index (κ3) is 8.60. The highest BCUT2D eigenvalue weighted by atomic mass is 16.3. The number of rotatable bonds is 8. The molecule has 1 aliphatic heterocycles. The molecule has 1 atom stereocenters. The Hall–Kier alpha value is -2.86. The van der Waals surface area contributed by atoms with Crippen LogP contribution in [0.2, 0.25) is 0 Å². The second-order valence-corrected chi connectivity index (χ2v) is 9.34. The van der Waals surface area contributed by atoms with Crippen LogP contribution in [0.25, 0.3) is 5.70 Å². The van der Waals surface area contributed by atoms with Gasteiger partial charge in [-0.1, -0.05) is 70.6 Å². The molecular formula is C31H48N4O2. The molecule has 2 aliphatic rings. The molecule has 0 spiro atoms. The minimum atomic E-state index is 0.0350. The first-order valence-electron chi connectivity index (χ1n) is 14.1. The predicted octanol–water partition coefficient (Wildman–Crippen LogP) is 6.78. The van der Waals surface area contributed by atoms with Gasteiger partial charge in [-0.25, -0.2) is 9.98 Å². The fraction of sp³-hybridized carbons (Fsp3) is 0.548.